The first-order chi connectivity index (χ1) is 17.3. The maximum absolute atomic E-state index is 13.0. The van der Waals surface area contributed by atoms with Gasteiger partial charge in [-0.05, 0) is 52.0 Å². The smallest absolute Gasteiger partial charge is 0.326 e. The molecular formula is C24H28N8O3S. The Kier molecular flexibility index (Phi) is 6.46. The second kappa shape index (κ2) is 9.70. The molecule has 1 aliphatic heterocycles. The van der Waals surface area contributed by atoms with E-state index in [4.69, 9.17) is 4.98 Å². The van der Waals surface area contributed by atoms with Crippen molar-refractivity contribution >= 4 is 46.7 Å². The molecule has 1 saturated carbocycles. The molecule has 36 heavy (non-hydrogen) atoms. The summed E-state index contributed by atoms with van der Waals surface area (Å²) < 4.78 is 1.69. The molecule has 0 bridgehead atoms. The minimum Gasteiger partial charge on any atom is -0.367 e. The van der Waals surface area contributed by atoms with E-state index in [1.165, 1.54) is 11.3 Å². The van der Waals surface area contributed by atoms with Gasteiger partial charge in [0, 0.05) is 42.2 Å². The molecule has 0 unspecified atom stereocenters. The van der Waals surface area contributed by atoms with Crippen LogP contribution in [0.15, 0.2) is 29.4 Å². The largest absolute Gasteiger partial charge is 0.367 e. The van der Waals surface area contributed by atoms with E-state index in [0.29, 0.717) is 34.4 Å². The van der Waals surface area contributed by atoms with Crippen molar-refractivity contribution in [1.29, 1.82) is 0 Å². The first-order valence-electron chi connectivity index (χ1n) is 11.8. The van der Waals surface area contributed by atoms with Crippen molar-refractivity contribution in [2.45, 2.75) is 25.3 Å². The van der Waals surface area contributed by atoms with Crippen LogP contribution < -0.4 is 16.0 Å². The van der Waals surface area contributed by atoms with Gasteiger partial charge in [-0.15, -0.1) is 11.3 Å². The van der Waals surface area contributed by atoms with E-state index in [0.717, 1.165) is 37.2 Å². The lowest BCUT2D eigenvalue weighted by atomic mass is 10.2. The highest BCUT2D eigenvalue weighted by Crippen LogP contribution is 2.31. The molecule has 2 aliphatic rings. The Balaban J connectivity index is 1.46. The van der Waals surface area contributed by atoms with Crippen LogP contribution in [0, 0.1) is 0 Å². The van der Waals surface area contributed by atoms with Crippen molar-refractivity contribution in [3.05, 3.63) is 39.8 Å². The molecule has 2 fully saturated rings. The highest BCUT2D eigenvalue weighted by atomic mass is 32.1. The van der Waals surface area contributed by atoms with Gasteiger partial charge in [-0.3, -0.25) is 14.9 Å². The molecule has 3 aromatic rings. The Labute approximate surface area is 212 Å². The summed E-state index contributed by atoms with van der Waals surface area (Å²) in [6.07, 6.45) is 6.24. The highest BCUT2D eigenvalue weighted by molar-refractivity contribution is 7.12. The fourth-order valence-corrected chi connectivity index (χ4v) is 4.80. The third-order valence-corrected chi connectivity index (χ3v) is 6.92. The molecule has 0 spiro atoms. The number of nitrogens with one attached hydrogen (secondary N) is 3. The Bertz CT molecular complexity index is 1370. The molecule has 3 aromatic heterocycles. The number of carbonyl (C=O) groups excluding carboxylic acids is 3. The molecule has 0 radical (unpaired) electrons. The zero-order chi connectivity index (χ0) is 25.4. The topological polar surface area (TPSA) is 124 Å². The van der Waals surface area contributed by atoms with Gasteiger partial charge in [0.05, 0.1) is 16.8 Å². The van der Waals surface area contributed by atoms with E-state index >= 15 is 0 Å². The molecule has 12 heteroatoms. The summed E-state index contributed by atoms with van der Waals surface area (Å²) in [5.41, 5.74) is 2.79. The van der Waals surface area contributed by atoms with E-state index in [1.54, 1.807) is 21.7 Å². The zero-order valence-electron chi connectivity index (χ0n) is 20.4. The average Bonchev–Trinajstić information content (AvgIpc) is 3.22. The van der Waals surface area contributed by atoms with Gasteiger partial charge in [-0.2, -0.15) is 9.61 Å². The Morgan fingerprint density at radius 1 is 1.22 bits per heavy atom. The van der Waals surface area contributed by atoms with E-state index < -0.39 is 11.9 Å². The van der Waals surface area contributed by atoms with Crippen molar-refractivity contribution in [3.8, 4) is 11.3 Å². The minimum atomic E-state index is -0.561. The number of urea groups is 1. The molecule has 188 valence electrons. The molecule has 11 nitrogen and oxygen atoms in total. The predicted octanol–water partition coefficient (Wildman–Crippen LogP) is 2.24. The average molecular weight is 509 g/mol. The first kappa shape index (κ1) is 23.9. The number of aromatic nitrogens is 3. The Morgan fingerprint density at radius 2 is 2.03 bits per heavy atom. The van der Waals surface area contributed by atoms with Crippen LogP contribution in [0.1, 0.15) is 34.5 Å². The van der Waals surface area contributed by atoms with Crippen LogP contribution >= 0.6 is 11.3 Å². The number of anilines is 1. The third-order valence-electron chi connectivity index (χ3n) is 6.00. The number of thiophene rings is 1. The van der Waals surface area contributed by atoms with Crippen LogP contribution in [0.2, 0.25) is 0 Å². The number of imide groups is 1. The summed E-state index contributed by atoms with van der Waals surface area (Å²) in [7, 11) is 5.86. The maximum atomic E-state index is 13.0. The van der Waals surface area contributed by atoms with Crippen LogP contribution in [0.3, 0.4) is 0 Å². The number of nitrogens with zero attached hydrogens (tertiary/aromatic N) is 5. The summed E-state index contributed by atoms with van der Waals surface area (Å²) in [5.74, 6) is 0.268. The SMILES string of the molecule is CN(C)CCCN(C)C(=O)c1cc(-c2cc(NC3CC3)n3ncc(/C=C4\NC(=O)NC4=O)c3n2)cs1. The van der Waals surface area contributed by atoms with Gasteiger partial charge in [-0.25, -0.2) is 9.78 Å². The molecule has 5 rings (SSSR count). The van der Waals surface area contributed by atoms with Gasteiger partial charge in [0.1, 0.15) is 11.5 Å². The second-order valence-electron chi connectivity index (χ2n) is 9.33. The van der Waals surface area contributed by atoms with E-state index in [2.05, 4.69) is 25.9 Å². The maximum Gasteiger partial charge on any atom is 0.326 e. The van der Waals surface area contributed by atoms with Gasteiger partial charge in [-0.1, -0.05) is 0 Å². The van der Waals surface area contributed by atoms with Crippen LogP contribution in [-0.2, 0) is 4.79 Å². The summed E-state index contributed by atoms with van der Waals surface area (Å²) in [5, 5.41) is 14.6. The standard InChI is InChI=1S/C24H28N8O3S/c1-30(2)7-4-8-31(3)23(34)19-10-15(13-36-19)17-11-20(26-16-5-6-16)32-21(27-17)14(12-25-32)9-18-22(33)29-24(35)28-18/h9-13,16,26H,4-8H2,1-3H3,(H2,28,29,33,35)/b18-9-. The van der Waals surface area contributed by atoms with Gasteiger partial charge in [0.15, 0.2) is 5.65 Å². The zero-order valence-corrected chi connectivity index (χ0v) is 21.2. The molecule has 1 saturated heterocycles. The summed E-state index contributed by atoms with van der Waals surface area (Å²) in [4.78, 5) is 45.8. The molecule has 4 heterocycles. The quantitative estimate of drug-likeness (QED) is 0.299. The lowest BCUT2D eigenvalue weighted by molar-refractivity contribution is -0.115. The van der Waals surface area contributed by atoms with Gasteiger partial charge < -0.3 is 20.4 Å². The van der Waals surface area contributed by atoms with E-state index in [-0.39, 0.29) is 11.6 Å². The summed E-state index contributed by atoms with van der Waals surface area (Å²) in [6, 6.07) is 3.62. The fourth-order valence-electron chi connectivity index (χ4n) is 3.90. The Hall–Kier alpha value is -3.77. The normalized spacial score (nSPS) is 16.6. The molecule has 0 aromatic carbocycles. The molecule has 0 atom stereocenters. The van der Waals surface area contributed by atoms with Crippen molar-refractivity contribution in [2.24, 2.45) is 0 Å². The van der Waals surface area contributed by atoms with Crippen LogP contribution in [-0.4, -0.2) is 82.5 Å². The third kappa shape index (κ3) is 5.09. The van der Waals surface area contributed by atoms with E-state index in [1.807, 2.05) is 38.7 Å². The number of fused-ring (bicyclic) bond motifs is 1. The van der Waals surface area contributed by atoms with Crippen molar-refractivity contribution in [3.63, 3.8) is 0 Å². The molecule has 1 aliphatic carbocycles. The lowest BCUT2D eigenvalue weighted by Gasteiger charge is -2.17. The van der Waals surface area contributed by atoms with Gasteiger partial charge >= 0.3 is 6.03 Å². The lowest BCUT2D eigenvalue weighted by Crippen LogP contribution is -2.29. The number of hydrogen-bond donors (Lipinski definition) is 3. The highest BCUT2D eigenvalue weighted by Gasteiger charge is 2.26. The van der Waals surface area contributed by atoms with Gasteiger partial charge in [0.25, 0.3) is 11.8 Å². The number of rotatable bonds is 9. The van der Waals surface area contributed by atoms with Crippen molar-refractivity contribution < 1.29 is 14.4 Å². The molecular weight excluding hydrogens is 480 g/mol. The predicted molar refractivity (Wildman–Crippen MR) is 138 cm³/mol. The van der Waals surface area contributed by atoms with Gasteiger partial charge in [0.2, 0.25) is 0 Å². The van der Waals surface area contributed by atoms with Crippen molar-refractivity contribution in [1.82, 2.24) is 35.0 Å². The van der Waals surface area contributed by atoms with E-state index in [9.17, 15) is 14.4 Å². The molecule has 3 N–H and O–H groups in total. The second-order valence-corrected chi connectivity index (χ2v) is 10.2. The number of amides is 4. The minimum absolute atomic E-state index is 0.0137. The van der Waals surface area contributed by atoms with Crippen LogP contribution in [0.25, 0.3) is 23.0 Å². The molecule has 4 amide bonds. The monoisotopic (exact) mass is 508 g/mol. The Morgan fingerprint density at radius 3 is 2.72 bits per heavy atom. The van der Waals surface area contributed by atoms with Crippen molar-refractivity contribution in [2.75, 3.05) is 39.5 Å². The first-order valence-corrected chi connectivity index (χ1v) is 12.6. The number of carbonyl (C=O) groups is 3. The van der Waals surface area contributed by atoms with Crippen LogP contribution in [0.5, 0.6) is 0 Å². The summed E-state index contributed by atoms with van der Waals surface area (Å²) >= 11 is 1.39. The van der Waals surface area contributed by atoms with Crippen LogP contribution in [0.4, 0.5) is 10.6 Å². The number of hydrogen-bond acceptors (Lipinski definition) is 8. The summed E-state index contributed by atoms with van der Waals surface area (Å²) in [6.45, 7) is 1.60. The fraction of sp³-hybridized carbons (Fsp3) is 0.375.